The van der Waals surface area contributed by atoms with Crippen molar-refractivity contribution in [2.24, 2.45) is 5.73 Å². The normalized spacial score (nSPS) is 12.2. The fraction of sp³-hybridized carbons (Fsp3) is 0.294. The van der Waals surface area contributed by atoms with Gasteiger partial charge in [0, 0.05) is 28.9 Å². The summed E-state index contributed by atoms with van der Waals surface area (Å²) in [4.78, 5) is 2.17. The van der Waals surface area contributed by atoms with Gasteiger partial charge < -0.3 is 10.6 Å². The van der Waals surface area contributed by atoms with E-state index in [4.69, 9.17) is 5.73 Å². The van der Waals surface area contributed by atoms with Crippen LogP contribution in [0.25, 0.3) is 0 Å². The summed E-state index contributed by atoms with van der Waals surface area (Å²) in [5.74, 6) is 0. The molecular formula is C17H21BrN2. The predicted octanol–water partition coefficient (Wildman–Crippen LogP) is 4.50. The minimum atomic E-state index is 0.226. The molecule has 0 fully saturated rings. The second-order valence-corrected chi connectivity index (χ2v) is 5.90. The zero-order valence-corrected chi connectivity index (χ0v) is 13.6. The SMILES string of the molecule is CCC(N)Cc1ccc(N(C)c2ccccc2)cc1Br. The van der Waals surface area contributed by atoms with Crippen molar-refractivity contribution in [1.29, 1.82) is 0 Å². The molecule has 0 aliphatic carbocycles. The molecule has 1 atom stereocenters. The molecule has 0 amide bonds. The standard InChI is InChI=1S/C17H21BrN2/c1-3-14(19)11-13-9-10-16(12-17(13)18)20(2)15-7-5-4-6-8-15/h4-10,12,14H,3,11,19H2,1-2H3. The lowest BCUT2D eigenvalue weighted by atomic mass is 10.0. The average Bonchev–Trinajstić information content (AvgIpc) is 2.49. The van der Waals surface area contributed by atoms with Crippen molar-refractivity contribution < 1.29 is 0 Å². The summed E-state index contributed by atoms with van der Waals surface area (Å²) in [5, 5.41) is 0. The molecule has 0 heterocycles. The van der Waals surface area contributed by atoms with Gasteiger partial charge in [-0.3, -0.25) is 0 Å². The van der Waals surface area contributed by atoms with Crippen molar-refractivity contribution in [2.45, 2.75) is 25.8 Å². The Morgan fingerprint density at radius 3 is 2.40 bits per heavy atom. The van der Waals surface area contributed by atoms with Crippen molar-refractivity contribution in [1.82, 2.24) is 0 Å². The Morgan fingerprint density at radius 2 is 1.80 bits per heavy atom. The van der Waals surface area contributed by atoms with Crippen molar-refractivity contribution in [3.8, 4) is 0 Å². The van der Waals surface area contributed by atoms with E-state index in [2.05, 4.69) is 77.3 Å². The molecular weight excluding hydrogens is 312 g/mol. The maximum Gasteiger partial charge on any atom is 0.0419 e. The number of hydrogen-bond acceptors (Lipinski definition) is 2. The Balaban J connectivity index is 2.20. The van der Waals surface area contributed by atoms with E-state index in [-0.39, 0.29) is 6.04 Å². The number of hydrogen-bond donors (Lipinski definition) is 1. The smallest absolute Gasteiger partial charge is 0.0419 e. The fourth-order valence-corrected chi connectivity index (χ4v) is 2.67. The van der Waals surface area contributed by atoms with Crippen molar-refractivity contribution in [3.63, 3.8) is 0 Å². The molecule has 0 saturated heterocycles. The molecule has 20 heavy (non-hydrogen) atoms. The molecule has 1 unspecified atom stereocenters. The van der Waals surface area contributed by atoms with Crippen LogP contribution < -0.4 is 10.6 Å². The monoisotopic (exact) mass is 332 g/mol. The molecule has 2 rings (SSSR count). The van der Waals surface area contributed by atoms with Gasteiger partial charge in [0.15, 0.2) is 0 Å². The molecule has 0 saturated carbocycles. The predicted molar refractivity (Wildman–Crippen MR) is 90.6 cm³/mol. The number of para-hydroxylation sites is 1. The van der Waals surface area contributed by atoms with Gasteiger partial charge in [-0.2, -0.15) is 0 Å². The van der Waals surface area contributed by atoms with E-state index in [1.165, 1.54) is 11.3 Å². The van der Waals surface area contributed by atoms with Gasteiger partial charge in [0.1, 0.15) is 0 Å². The van der Waals surface area contributed by atoms with Crippen LogP contribution in [-0.4, -0.2) is 13.1 Å². The Hall–Kier alpha value is -1.32. The lowest BCUT2D eigenvalue weighted by Gasteiger charge is -2.21. The van der Waals surface area contributed by atoms with Crippen molar-refractivity contribution in [3.05, 3.63) is 58.6 Å². The third-order valence-electron chi connectivity index (χ3n) is 3.57. The van der Waals surface area contributed by atoms with Crippen LogP contribution in [0.2, 0.25) is 0 Å². The minimum Gasteiger partial charge on any atom is -0.345 e. The van der Waals surface area contributed by atoms with Crippen LogP contribution in [0.3, 0.4) is 0 Å². The zero-order valence-electron chi connectivity index (χ0n) is 12.0. The average molecular weight is 333 g/mol. The summed E-state index contributed by atoms with van der Waals surface area (Å²) in [6.07, 6.45) is 1.91. The van der Waals surface area contributed by atoms with Gasteiger partial charge in [-0.1, -0.05) is 47.1 Å². The maximum atomic E-state index is 6.03. The molecule has 2 N–H and O–H groups in total. The number of rotatable bonds is 5. The fourth-order valence-electron chi connectivity index (χ4n) is 2.14. The molecule has 0 radical (unpaired) electrons. The highest BCUT2D eigenvalue weighted by atomic mass is 79.9. The largest absolute Gasteiger partial charge is 0.345 e. The Morgan fingerprint density at radius 1 is 1.10 bits per heavy atom. The lowest BCUT2D eigenvalue weighted by Crippen LogP contribution is -2.21. The summed E-state index contributed by atoms with van der Waals surface area (Å²) in [7, 11) is 2.08. The summed E-state index contributed by atoms with van der Waals surface area (Å²) in [6, 6.07) is 17.0. The summed E-state index contributed by atoms with van der Waals surface area (Å²) in [6.45, 7) is 2.12. The van der Waals surface area contributed by atoms with Crippen LogP contribution in [0.4, 0.5) is 11.4 Å². The Kier molecular flexibility index (Phi) is 5.21. The molecule has 0 aliphatic heterocycles. The minimum absolute atomic E-state index is 0.226. The van der Waals surface area contributed by atoms with Crippen LogP contribution in [-0.2, 0) is 6.42 Å². The van der Waals surface area contributed by atoms with Gasteiger partial charge in [-0.15, -0.1) is 0 Å². The van der Waals surface area contributed by atoms with E-state index in [0.717, 1.165) is 23.0 Å². The van der Waals surface area contributed by atoms with Crippen molar-refractivity contribution in [2.75, 3.05) is 11.9 Å². The number of anilines is 2. The molecule has 0 aliphatic rings. The van der Waals surface area contributed by atoms with Crippen molar-refractivity contribution >= 4 is 27.3 Å². The first-order valence-electron chi connectivity index (χ1n) is 6.94. The van der Waals surface area contributed by atoms with E-state index in [9.17, 15) is 0 Å². The molecule has 0 spiro atoms. The van der Waals surface area contributed by atoms with Gasteiger partial charge in [-0.25, -0.2) is 0 Å². The van der Waals surface area contributed by atoms with Gasteiger partial charge in [0.2, 0.25) is 0 Å². The van der Waals surface area contributed by atoms with Crippen LogP contribution in [0.15, 0.2) is 53.0 Å². The van der Waals surface area contributed by atoms with E-state index in [1.807, 2.05) is 6.07 Å². The van der Waals surface area contributed by atoms with Gasteiger partial charge in [-0.05, 0) is 42.7 Å². The Bertz CT molecular complexity index is 554. The molecule has 0 bridgehead atoms. The lowest BCUT2D eigenvalue weighted by molar-refractivity contribution is 0.645. The van der Waals surface area contributed by atoms with E-state index < -0.39 is 0 Å². The number of benzene rings is 2. The molecule has 0 aromatic heterocycles. The highest BCUT2D eigenvalue weighted by Gasteiger charge is 2.09. The molecule has 2 aromatic rings. The highest BCUT2D eigenvalue weighted by molar-refractivity contribution is 9.10. The topological polar surface area (TPSA) is 29.3 Å². The summed E-state index contributed by atoms with van der Waals surface area (Å²) < 4.78 is 1.13. The quantitative estimate of drug-likeness (QED) is 0.873. The van der Waals surface area contributed by atoms with Gasteiger partial charge >= 0.3 is 0 Å². The zero-order chi connectivity index (χ0) is 14.5. The van der Waals surface area contributed by atoms with Gasteiger partial charge in [0.05, 0.1) is 0 Å². The van der Waals surface area contributed by atoms with E-state index in [0.29, 0.717) is 0 Å². The molecule has 2 aromatic carbocycles. The first-order valence-corrected chi connectivity index (χ1v) is 7.74. The number of nitrogens with zero attached hydrogens (tertiary/aromatic N) is 1. The van der Waals surface area contributed by atoms with E-state index >= 15 is 0 Å². The first-order chi connectivity index (χ1) is 9.61. The van der Waals surface area contributed by atoms with Crippen LogP contribution in [0.1, 0.15) is 18.9 Å². The van der Waals surface area contributed by atoms with E-state index in [1.54, 1.807) is 0 Å². The third-order valence-corrected chi connectivity index (χ3v) is 4.31. The first kappa shape index (κ1) is 15.1. The number of halogens is 1. The molecule has 106 valence electrons. The van der Waals surface area contributed by atoms with Gasteiger partial charge in [0.25, 0.3) is 0 Å². The second kappa shape index (κ2) is 6.91. The Labute approximate surface area is 129 Å². The second-order valence-electron chi connectivity index (χ2n) is 5.04. The molecule has 2 nitrogen and oxygen atoms in total. The highest BCUT2D eigenvalue weighted by Crippen LogP contribution is 2.28. The summed E-state index contributed by atoms with van der Waals surface area (Å²) in [5.41, 5.74) is 9.64. The third kappa shape index (κ3) is 3.62. The molecule has 3 heteroatoms. The maximum absolute atomic E-state index is 6.03. The van der Waals surface area contributed by atoms with Crippen LogP contribution in [0, 0.1) is 0 Å². The summed E-state index contributed by atoms with van der Waals surface area (Å²) >= 11 is 3.66. The van der Waals surface area contributed by atoms with Crippen LogP contribution in [0.5, 0.6) is 0 Å². The number of nitrogens with two attached hydrogens (primary N) is 1. The van der Waals surface area contributed by atoms with Crippen LogP contribution >= 0.6 is 15.9 Å².